The third-order valence-electron chi connectivity index (χ3n) is 2.42. The molecule has 7 nitrogen and oxygen atoms in total. The number of hydrogen-bond acceptors (Lipinski definition) is 5. The van der Waals surface area contributed by atoms with Gasteiger partial charge in [0.15, 0.2) is 6.61 Å². The van der Waals surface area contributed by atoms with E-state index in [4.69, 9.17) is 9.84 Å². The summed E-state index contributed by atoms with van der Waals surface area (Å²) in [5.74, 6) is -0.0319. The third kappa shape index (κ3) is 2.45. The van der Waals surface area contributed by atoms with Crippen LogP contribution in [0.3, 0.4) is 0 Å². The van der Waals surface area contributed by atoms with Crippen molar-refractivity contribution >= 4 is 5.97 Å². The van der Waals surface area contributed by atoms with Crippen molar-refractivity contribution in [3.63, 3.8) is 0 Å². The largest absolute Gasteiger partial charge is 0.485 e. The maximum absolute atomic E-state index is 11.0. The standard InChI is InChI=1S/C11H12N4O3/c1-7-8(11(16)17)4-3-5-9(7)18-6-10-12-14-15(2)13-10/h3-5H,6H2,1-2H3,(H,16,17). The number of aromatic nitrogens is 4. The number of rotatable bonds is 4. The molecule has 94 valence electrons. The van der Waals surface area contributed by atoms with Gasteiger partial charge in [0.25, 0.3) is 0 Å². The highest BCUT2D eigenvalue weighted by atomic mass is 16.5. The first-order valence-corrected chi connectivity index (χ1v) is 5.26. The predicted molar refractivity (Wildman–Crippen MR) is 61.3 cm³/mol. The number of aromatic carboxylic acids is 1. The molecule has 0 spiro atoms. The first-order chi connectivity index (χ1) is 8.58. The van der Waals surface area contributed by atoms with Crippen LogP contribution < -0.4 is 4.74 Å². The maximum Gasteiger partial charge on any atom is 0.336 e. The van der Waals surface area contributed by atoms with Gasteiger partial charge in [0, 0.05) is 5.56 Å². The van der Waals surface area contributed by atoms with E-state index in [9.17, 15) is 4.79 Å². The summed E-state index contributed by atoms with van der Waals surface area (Å²) in [5, 5.41) is 20.4. The normalized spacial score (nSPS) is 10.3. The quantitative estimate of drug-likeness (QED) is 0.860. The average molecular weight is 248 g/mol. The molecule has 0 aliphatic carbocycles. The molecule has 1 N–H and O–H groups in total. The van der Waals surface area contributed by atoms with Gasteiger partial charge >= 0.3 is 5.97 Å². The highest BCUT2D eigenvalue weighted by Crippen LogP contribution is 2.21. The van der Waals surface area contributed by atoms with Gasteiger partial charge in [-0.2, -0.15) is 4.80 Å². The van der Waals surface area contributed by atoms with Crippen LogP contribution in [0.1, 0.15) is 21.7 Å². The lowest BCUT2D eigenvalue weighted by molar-refractivity contribution is 0.0695. The Kier molecular flexibility index (Phi) is 3.22. The summed E-state index contributed by atoms with van der Waals surface area (Å²) in [7, 11) is 1.66. The molecule has 0 aliphatic rings. The Labute approximate surface area is 103 Å². The lowest BCUT2D eigenvalue weighted by Crippen LogP contribution is -2.04. The summed E-state index contributed by atoms with van der Waals surface area (Å²) in [4.78, 5) is 12.3. The van der Waals surface area contributed by atoms with E-state index in [2.05, 4.69) is 15.4 Å². The van der Waals surface area contributed by atoms with E-state index in [1.54, 1.807) is 26.1 Å². The fraction of sp³-hybridized carbons (Fsp3) is 0.273. The molecule has 1 heterocycles. The lowest BCUT2D eigenvalue weighted by atomic mass is 10.1. The van der Waals surface area contributed by atoms with Crippen molar-refractivity contribution in [3.8, 4) is 5.75 Å². The number of carboxylic acids is 1. The molecule has 0 unspecified atom stereocenters. The number of tetrazole rings is 1. The highest BCUT2D eigenvalue weighted by Gasteiger charge is 2.11. The first-order valence-electron chi connectivity index (χ1n) is 5.26. The second-order valence-electron chi connectivity index (χ2n) is 3.72. The van der Waals surface area contributed by atoms with Crippen LogP contribution in [-0.4, -0.2) is 31.3 Å². The molecule has 0 atom stereocenters. The van der Waals surface area contributed by atoms with Gasteiger partial charge in [-0.3, -0.25) is 0 Å². The monoisotopic (exact) mass is 248 g/mol. The SMILES string of the molecule is Cc1c(OCc2nnn(C)n2)cccc1C(=O)O. The maximum atomic E-state index is 11.0. The summed E-state index contributed by atoms with van der Waals surface area (Å²) in [6.07, 6.45) is 0. The van der Waals surface area contributed by atoms with E-state index < -0.39 is 5.97 Å². The van der Waals surface area contributed by atoms with E-state index in [0.29, 0.717) is 17.1 Å². The molecule has 0 bridgehead atoms. The van der Waals surface area contributed by atoms with E-state index in [-0.39, 0.29) is 12.2 Å². The third-order valence-corrected chi connectivity index (χ3v) is 2.42. The number of aryl methyl sites for hydroxylation is 1. The van der Waals surface area contributed by atoms with Gasteiger partial charge in [0.05, 0.1) is 12.6 Å². The minimum Gasteiger partial charge on any atom is -0.485 e. The Hall–Kier alpha value is -2.44. The molecule has 18 heavy (non-hydrogen) atoms. The zero-order valence-electron chi connectivity index (χ0n) is 9.99. The van der Waals surface area contributed by atoms with Crippen LogP contribution in [0, 0.1) is 6.92 Å². The number of carbonyl (C=O) groups is 1. The Morgan fingerprint density at radius 1 is 1.50 bits per heavy atom. The van der Waals surface area contributed by atoms with Crippen molar-refractivity contribution in [2.75, 3.05) is 0 Å². The van der Waals surface area contributed by atoms with Gasteiger partial charge < -0.3 is 9.84 Å². The molecule has 7 heteroatoms. The molecule has 2 aromatic rings. The number of nitrogens with zero attached hydrogens (tertiary/aromatic N) is 4. The number of carboxylic acid groups (broad SMARTS) is 1. The van der Waals surface area contributed by atoms with Crippen LogP contribution in [0.15, 0.2) is 18.2 Å². The minimum absolute atomic E-state index is 0.151. The van der Waals surface area contributed by atoms with Gasteiger partial charge in [-0.25, -0.2) is 4.79 Å². The first kappa shape index (κ1) is 12.0. The average Bonchev–Trinajstić information content (AvgIpc) is 2.73. The molecule has 1 aromatic heterocycles. The van der Waals surface area contributed by atoms with Crippen LogP contribution in [-0.2, 0) is 13.7 Å². The zero-order chi connectivity index (χ0) is 13.1. The van der Waals surface area contributed by atoms with E-state index in [1.807, 2.05) is 0 Å². The smallest absolute Gasteiger partial charge is 0.336 e. The van der Waals surface area contributed by atoms with Crippen LogP contribution in [0.2, 0.25) is 0 Å². The van der Waals surface area contributed by atoms with Gasteiger partial charge in [-0.05, 0) is 24.3 Å². The molecule has 0 fully saturated rings. The Morgan fingerprint density at radius 3 is 2.89 bits per heavy atom. The topological polar surface area (TPSA) is 90.1 Å². The predicted octanol–water partition coefficient (Wildman–Crippen LogP) is 0.796. The van der Waals surface area contributed by atoms with E-state index in [0.717, 1.165) is 0 Å². The van der Waals surface area contributed by atoms with Crippen molar-refractivity contribution < 1.29 is 14.6 Å². The van der Waals surface area contributed by atoms with Gasteiger partial charge in [-0.1, -0.05) is 6.07 Å². The van der Waals surface area contributed by atoms with Crippen molar-refractivity contribution in [2.45, 2.75) is 13.5 Å². The Balaban J connectivity index is 2.14. The van der Waals surface area contributed by atoms with Crippen molar-refractivity contribution in [3.05, 3.63) is 35.2 Å². The summed E-state index contributed by atoms with van der Waals surface area (Å²) in [5.41, 5.74) is 0.800. The summed E-state index contributed by atoms with van der Waals surface area (Å²) >= 11 is 0. The molecule has 0 amide bonds. The van der Waals surface area contributed by atoms with E-state index >= 15 is 0 Å². The molecule has 0 saturated heterocycles. The summed E-state index contributed by atoms with van der Waals surface area (Å²) in [6, 6.07) is 4.87. The van der Waals surface area contributed by atoms with Crippen LogP contribution >= 0.6 is 0 Å². The van der Waals surface area contributed by atoms with Gasteiger partial charge in [0.1, 0.15) is 5.75 Å². The Bertz CT molecular complexity index is 579. The van der Waals surface area contributed by atoms with Crippen molar-refractivity contribution in [1.29, 1.82) is 0 Å². The fourth-order valence-electron chi connectivity index (χ4n) is 1.53. The summed E-state index contributed by atoms with van der Waals surface area (Å²) in [6.45, 7) is 1.85. The molecule has 2 rings (SSSR count). The molecule has 1 aromatic carbocycles. The molecule has 0 aliphatic heterocycles. The van der Waals surface area contributed by atoms with Crippen LogP contribution in [0.25, 0.3) is 0 Å². The van der Waals surface area contributed by atoms with Gasteiger partial charge in [0.2, 0.25) is 5.82 Å². The number of ether oxygens (including phenoxy) is 1. The fourth-order valence-corrected chi connectivity index (χ4v) is 1.53. The van der Waals surface area contributed by atoms with Crippen molar-refractivity contribution in [2.24, 2.45) is 7.05 Å². The second-order valence-corrected chi connectivity index (χ2v) is 3.72. The molecular formula is C11H12N4O3. The number of benzene rings is 1. The van der Waals surface area contributed by atoms with E-state index in [1.165, 1.54) is 10.9 Å². The molecule has 0 radical (unpaired) electrons. The highest BCUT2D eigenvalue weighted by molar-refractivity contribution is 5.90. The summed E-state index contributed by atoms with van der Waals surface area (Å²) < 4.78 is 5.49. The lowest BCUT2D eigenvalue weighted by Gasteiger charge is -2.08. The molecular weight excluding hydrogens is 236 g/mol. The van der Waals surface area contributed by atoms with Crippen LogP contribution in [0.5, 0.6) is 5.75 Å². The second kappa shape index (κ2) is 4.82. The minimum atomic E-state index is -0.976. The van der Waals surface area contributed by atoms with Crippen LogP contribution in [0.4, 0.5) is 0 Å². The Morgan fingerprint density at radius 2 is 2.28 bits per heavy atom. The van der Waals surface area contributed by atoms with Crippen molar-refractivity contribution in [1.82, 2.24) is 20.2 Å². The zero-order valence-corrected chi connectivity index (χ0v) is 9.99. The molecule has 0 saturated carbocycles. The number of hydrogen-bond donors (Lipinski definition) is 1. The van der Waals surface area contributed by atoms with Gasteiger partial charge in [-0.15, -0.1) is 10.2 Å².